The molecule has 3 aromatic rings. The van der Waals surface area contributed by atoms with Gasteiger partial charge in [0, 0.05) is 35.6 Å². The number of hydrogen-bond donors (Lipinski definition) is 1. The van der Waals surface area contributed by atoms with Crippen LogP contribution in [0.4, 0.5) is 5.69 Å². The van der Waals surface area contributed by atoms with Crippen molar-refractivity contribution in [3.8, 4) is 0 Å². The molecule has 4 rings (SSSR count). The zero-order valence-corrected chi connectivity index (χ0v) is 16.6. The molecule has 0 amide bonds. The fourth-order valence-corrected chi connectivity index (χ4v) is 3.73. The molecule has 2 aromatic carbocycles. The monoisotopic (exact) mass is 394 g/mol. The highest BCUT2D eigenvalue weighted by molar-refractivity contribution is 6.32. The van der Waals surface area contributed by atoms with Crippen molar-refractivity contribution in [1.29, 1.82) is 0 Å². The quantitative estimate of drug-likeness (QED) is 0.610. The Morgan fingerprint density at radius 3 is 2.64 bits per heavy atom. The number of likely N-dealkylation sites (tertiary alicyclic amines) is 1. The van der Waals surface area contributed by atoms with Gasteiger partial charge in [-0.05, 0) is 55.3 Å². The molecule has 0 saturated carbocycles. The highest BCUT2D eigenvalue weighted by Gasteiger charge is 2.18. The molecule has 1 aliphatic rings. The molecular formula is C23H23ClN2O2. The van der Waals surface area contributed by atoms with Gasteiger partial charge in [-0.2, -0.15) is 0 Å². The van der Waals surface area contributed by atoms with E-state index >= 15 is 0 Å². The first-order valence-electron chi connectivity index (χ1n) is 9.56. The van der Waals surface area contributed by atoms with E-state index in [4.69, 9.17) is 16.0 Å². The molecule has 28 heavy (non-hydrogen) atoms. The maximum atomic E-state index is 12.0. The zero-order chi connectivity index (χ0) is 19.5. The van der Waals surface area contributed by atoms with E-state index in [1.54, 1.807) is 0 Å². The SMILES string of the molecule is Cc1cc2oc(=O)cc(NC3CCN(/C=C/c4ccccc4)CC3)c2cc1Cl. The molecule has 0 unspecified atom stereocenters. The van der Waals surface area contributed by atoms with E-state index in [1.165, 1.54) is 11.6 Å². The lowest BCUT2D eigenvalue weighted by molar-refractivity contribution is 0.295. The van der Waals surface area contributed by atoms with Crippen LogP contribution in [0.2, 0.25) is 5.02 Å². The third kappa shape index (κ3) is 4.23. The van der Waals surface area contributed by atoms with Gasteiger partial charge in [-0.3, -0.25) is 0 Å². The molecule has 1 N–H and O–H groups in total. The van der Waals surface area contributed by atoms with Crippen LogP contribution in [0.3, 0.4) is 0 Å². The van der Waals surface area contributed by atoms with Crippen molar-refractivity contribution >= 4 is 34.3 Å². The molecule has 0 bridgehead atoms. The molecule has 144 valence electrons. The first-order valence-corrected chi connectivity index (χ1v) is 9.94. The number of hydrogen-bond acceptors (Lipinski definition) is 4. The van der Waals surface area contributed by atoms with E-state index < -0.39 is 0 Å². The molecule has 0 atom stereocenters. The van der Waals surface area contributed by atoms with Gasteiger partial charge in [-0.15, -0.1) is 0 Å². The van der Waals surface area contributed by atoms with Gasteiger partial charge < -0.3 is 14.6 Å². The minimum absolute atomic E-state index is 0.312. The first kappa shape index (κ1) is 18.6. The Balaban J connectivity index is 1.44. The van der Waals surface area contributed by atoms with Crippen LogP contribution in [0.15, 0.2) is 63.9 Å². The molecule has 1 aromatic heterocycles. The minimum atomic E-state index is -0.347. The summed E-state index contributed by atoms with van der Waals surface area (Å²) in [5.74, 6) is 0. The van der Waals surface area contributed by atoms with Crippen molar-refractivity contribution in [1.82, 2.24) is 4.90 Å². The van der Waals surface area contributed by atoms with E-state index in [-0.39, 0.29) is 5.63 Å². The third-order valence-electron chi connectivity index (χ3n) is 5.19. The van der Waals surface area contributed by atoms with Crippen LogP contribution in [-0.2, 0) is 0 Å². The van der Waals surface area contributed by atoms with Gasteiger partial charge in [-0.25, -0.2) is 4.79 Å². The van der Waals surface area contributed by atoms with Crippen LogP contribution < -0.4 is 10.9 Å². The smallest absolute Gasteiger partial charge is 0.338 e. The van der Waals surface area contributed by atoms with Gasteiger partial charge in [0.25, 0.3) is 0 Å². The molecular weight excluding hydrogens is 372 g/mol. The molecule has 2 heterocycles. The molecule has 1 saturated heterocycles. The summed E-state index contributed by atoms with van der Waals surface area (Å²) in [4.78, 5) is 14.3. The van der Waals surface area contributed by atoms with Crippen molar-refractivity contribution < 1.29 is 4.42 Å². The summed E-state index contributed by atoms with van der Waals surface area (Å²) in [7, 11) is 0. The van der Waals surface area contributed by atoms with E-state index in [9.17, 15) is 4.79 Å². The Morgan fingerprint density at radius 2 is 1.89 bits per heavy atom. The maximum absolute atomic E-state index is 12.0. The lowest BCUT2D eigenvalue weighted by atomic mass is 10.0. The van der Waals surface area contributed by atoms with Crippen LogP contribution in [0.1, 0.15) is 24.0 Å². The number of piperidine rings is 1. The summed E-state index contributed by atoms with van der Waals surface area (Å²) >= 11 is 6.28. The second kappa shape index (κ2) is 8.11. The predicted octanol–water partition coefficient (Wildman–Crippen LogP) is 5.30. The fraction of sp³-hybridized carbons (Fsp3) is 0.261. The van der Waals surface area contributed by atoms with Crippen molar-refractivity contribution in [2.45, 2.75) is 25.8 Å². The second-order valence-corrected chi connectivity index (χ2v) is 7.66. The zero-order valence-electron chi connectivity index (χ0n) is 15.8. The van der Waals surface area contributed by atoms with Crippen LogP contribution in [0.25, 0.3) is 17.0 Å². The van der Waals surface area contributed by atoms with Gasteiger partial charge in [0.05, 0.1) is 5.69 Å². The Labute approximate surface area is 169 Å². The maximum Gasteiger partial charge on any atom is 0.338 e. The number of halogens is 1. The van der Waals surface area contributed by atoms with Crippen molar-refractivity contribution in [2.75, 3.05) is 18.4 Å². The molecule has 1 fully saturated rings. The van der Waals surface area contributed by atoms with Crippen molar-refractivity contribution in [3.05, 3.63) is 81.3 Å². The highest BCUT2D eigenvalue weighted by atomic mass is 35.5. The summed E-state index contributed by atoms with van der Waals surface area (Å²) in [6.45, 7) is 3.85. The topological polar surface area (TPSA) is 45.5 Å². The van der Waals surface area contributed by atoms with E-state index in [2.05, 4.69) is 34.6 Å². The number of benzene rings is 2. The van der Waals surface area contributed by atoms with Gasteiger partial charge in [0.2, 0.25) is 0 Å². The number of aryl methyl sites for hydroxylation is 1. The number of nitrogens with zero attached hydrogens (tertiary/aromatic N) is 1. The van der Waals surface area contributed by atoms with Crippen LogP contribution in [-0.4, -0.2) is 24.0 Å². The predicted molar refractivity (Wildman–Crippen MR) is 116 cm³/mol. The summed E-state index contributed by atoms with van der Waals surface area (Å²) in [6.07, 6.45) is 6.32. The average molecular weight is 395 g/mol. The molecule has 4 nitrogen and oxygen atoms in total. The largest absolute Gasteiger partial charge is 0.423 e. The molecule has 0 aliphatic carbocycles. The first-order chi connectivity index (χ1) is 13.6. The molecule has 1 aliphatic heterocycles. The lowest BCUT2D eigenvalue weighted by Gasteiger charge is -2.32. The van der Waals surface area contributed by atoms with E-state index in [0.29, 0.717) is 16.6 Å². The van der Waals surface area contributed by atoms with Crippen molar-refractivity contribution in [2.24, 2.45) is 0 Å². The number of rotatable bonds is 4. The van der Waals surface area contributed by atoms with E-state index in [1.807, 2.05) is 37.3 Å². The van der Waals surface area contributed by atoms with Gasteiger partial charge in [0.1, 0.15) is 5.58 Å². The fourth-order valence-electron chi connectivity index (χ4n) is 3.57. The number of anilines is 1. The molecule has 0 spiro atoms. The number of nitrogens with one attached hydrogen (secondary N) is 1. The normalized spacial score (nSPS) is 15.4. The Morgan fingerprint density at radius 1 is 1.14 bits per heavy atom. The summed E-state index contributed by atoms with van der Waals surface area (Å²) in [5, 5.41) is 5.06. The van der Waals surface area contributed by atoms with Crippen LogP contribution >= 0.6 is 11.6 Å². The standard InChI is InChI=1S/C23H23ClN2O2/c1-16-13-22-19(14-20(16)24)21(15-23(27)28-22)25-18-8-11-26(12-9-18)10-7-17-5-3-2-4-6-17/h2-7,10,13-15,18,25H,8-9,11-12H2,1H3/b10-7+. The van der Waals surface area contributed by atoms with Gasteiger partial charge >= 0.3 is 5.63 Å². The summed E-state index contributed by atoms with van der Waals surface area (Å²) in [6, 6.07) is 15.8. The third-order valence-corrected chi connectivity index (χ3v) is 5.60. The Hall–Kier alpha value is -2.72. The second-order valence-electron chi connectivity index (χ2n) is 7.26. The van der Waals surface area contributed by atoms with E-state index in [0.717, 1.165) is 42.6 Å². The van der Waals surface area contributed by atoms with Gasteiger partial charge in [0.15, 0.2) is 0 Å². The summed E-state index contributed by atoms with van der Waals surface area (Å²) in [5.41, 5.74) is 3.12. The number of fused-ring (bicyclic) bond motifs is 1. The van der Waals surface area contributed by atoms with Crippen molar-refractivity contribution in [3.63, 3.8) is 0 Å². The summed E-state index contributed by atoms with van der Waals surface area (Å²) < 4.78 is 5.35. The highest BCUT2D eigenvalue weighted by Crippen LogP contribution is 2.29. The molecule has 0 radical (unpaired) electrons. The average Bonchev–Trinajstić information content (AvgIpc) is 2.70. The Kier molecular flexibility index (Phi) is 5.40. The van der Waals surface area contributed by atoms with Crippen LogP contribution in [0.5, 0.6) is 0 Å². The van der Waals surface area contributed by atoms with Gasteiger partial charge in [-0.1, -0.05) is 41.9 Å². The minimum Gasteiger partial charge on any atom is -0.423 e. The Bertz CT molecular complexity index is 1050. The molecule has 5 heteroatoms. The lowest BCUT2D eigenvalue weighted by Crippen LogP contribution is -2.36. The van der Waals surface area contributed by atoms with Crippen LogP contribution in [0, 0.1) is 6.92 Å².